The molecule has 0 aliphatic rings. The van der Waals surface area contributed by atoms with Crippen molar-refractivity contribution in [3.05, 3.63) is 62.5 Å². The van der Waals surface area contributed by atoms with Crippen LogP contribution in [0.5, 0.6) is 5.75 Å². The normalized spacial score (nSPS) is 11.3. The molecule has 0 aliphatic heterocycles. The van der Waals surface area contributed by atoms with E-state index in [1.807, 2.05) is 37.6 Å². The van der Waals surface area contributed by atoms with E-state index in [1.165, 1.54) is 11.3 Å². The number of rotatable bonds is 6. The minimum absolute atomic E-state index is 0.0303. The third kappa shape index (κ3) is 3.95. The zero-order valence-electron chi connectivity index (χ0n) is 13.5. The summed E-state index contributed by atoms with van der Waals surface area (Å²) in [6, 6.07) is 8.93. The van der Waals surface area contributed by atoms with Gasteiger partial charge in [-0.2, -0.15) is 0 Å². The lowest BCUT2D eigenvalue weighted by Crippen LogP contribution is -2.25. The number of halogens is 1. The number of likely N-dealkylation sites (N-methyl/N-ethyl adjacent to an activating group) is 1. The molecule has 0 atom stereocenters. The molecule has 0 aliphatic carbocycles. The van der Waals surface area contributed by atoms with E-state index < -0.39 is 0 Å². The van der Waals surface area contributed by atoms with Crippen molar-refractivity contribution in [2.24, 2.45) is 0 Å². The van der Waals surface area contributed by atoms with Crippen LogP contribution in [0.1, 0.15) is 11.4 Å². The predicted octanol–water partition coefficient (Wildman–Crippen LogP) is 3.23. The average Bonchev–Trinajstić information content (AvgIpc) is 2.89. The molecule has 3 rings (SSSR count). The van der Waals surface area contributed by atoms with E-state index >= 15 is 0 Å². The van der Waals surface area contributed by atoms with Crippen LogP contribution in [0.4, 0.5) is 0 Å². The number of aromatic nitrogens is 2. The first-order valence-corrected chi connectivity index (χ1v) is 8.82. The van der Waals surface area contributed by atoms with Gasteiger partial charge in [0.1, 0.15) is 12.4 Å². The first kappa shape index (κ1) is 17.0. The van der Waals surface area contributed by atoms with Gasteiger partial charge in [-0.05, 0) is 32.2 Å². The minimum atomic E-state index is -0.0303. The molecule has 24 heavy (non-hydrogen) atoms. The lowest BCUT2D eigenvalue weighted by atomic mass is 10.3. The molecule has 0 spiro atoms. The average molecular weight is 364 g/mol. The van der Waals surface area contributed by atoms with E-state index in [9.17, 15) is 4.79 Å². The molecule has 3 aromatic rings. The molecule has 2 heterocycles. The lowest BCUT2D eigenvalue weighted by Gasteiger charge is -2.16. The molecular formula is C17H18ClN3O2S. The molecule has 7 heteroatoms. The third-order valence-corrected chi connectivity index (χ3v) is 4.78. The van der Waals surface area contributed by atoms with Gasteiger partial charge in [-0.3, -0.25) is 14.1 Å². The number of benzene rings is 1. The summed E-state index contributed by atoms with van der Waals surface area (Å²) in [6.45, 7) is 3.76. The van der Waals surface area contributed by atoms with Crippen molar-refractivity contribution in [1.82, 2.24) is 14.3 Å². The number of aryl methyl sites for hydroxylation is 1. The van der Waals surface area contributed by atoms with Gasteiger partial charge in [0.05, 0.1) is 5.69 Å². The fourth-order valence-electron chi connectivity index (χ4n) is 2.41. The van der Waals surface area contributed by atoms with Crippen molar-refractivity contribution >= 4 is 27.9 Å². The largest absolute Gasteiger partial charge is 0.492 e. The molecule has 0 saturated heterocycles. The van der Waals surface area contributed by atoms with Crippen LogP contribution < -0.4 is 10.3 Å². The standard InChI is InChI=1S/C17H18ClN3O2S/c1-12-11-24-17-19-14(9-16(22)21(12)17)10-20(2)6-7-23-15-5-3-4-13(18)8-15/h3-5,8-9,11H,6-7,10H2,1-2H3. The fourth-order valence-corrected chi connectivity index (χ4v) is 3.48. The lowest BCUT2D eigenvalue weighted by molar-refractivity contribution is 0.231. The van der Waals surface area contributed by atoms with Gasteiger partial charge in [-0.1, -0.05) is 17.7 Å². The SMILES string of the molecule is Cc1csc2nc(CN(C)CCOc3cccc(Cl)c3)cc(=O)n12. The molecule has 0 unspecified atom stereocenters. The van der Waals surface area contributed by atoms with Crippen molar-refractivity contribution in [3.63, 3.8) is 0 Å². The highest BCUT2D eigenvalue weighted by Crippen LogP contribution is 2.17. The van der Waals surface area contributed by atoms with Crippen LogP contribution >= 0.6 is 22.9 Å². The van der Waals surface area contributed by atoms with Gasteiger partial charge in [-0.15, -0.1) is 11.3 Å². The second kappa shape index (κ2) is 7.34. The van der Waals surface area contributed by atoms with Crippen molar-refractivity contribution in [2.45, 2.75) is 13.5 Å². The quantitative estimate of drug-likeness (QED) is 0.674. The number of fused-ring (bicyclic) bond motifs is 1. The Morgan fingerprint density at radius 2 is 2.21 bits per heavy atom. The Morgan fingerprint density at radius 1 is 1.38 bits per heavy atom. The van der Waals surface area contributed by atoms with Gasteiger partial charge in [0.25, 0.3) is 5.56 Å². The molecule has 1 aromatic carbocycles. The summed E-state index contributed by atoms with van der Waals surface area (Å²) < 4.78 is 7.32. The third-order valence-electron chi connectivity index (χ3n) is 3.60. The second-order valence-corrected chi connectivity index (χ2v) is 6.90. The second-order valence-electron chi connectivity index (χ2n) is 5.62. The van der Waals surface area contributed by atoms with Gasteiger partial charge in [0.2, 0.25) is 0 Å². The maximum Gasteiger partial charge on any atom is 0.259 e. The van der Waals surface area contributed by atoms with Crippen molar-refractivity contribution in [2.75, 3.05) is 20.2 Å². The molecule has 0 bridgehead atoms. The van der Waals surface area contributed by atoms with E-state index in [-0.39, 0.29) is 5.56 Å². The molecule has 0 amide bonds. The minimum Gasteiger partial charge on any atom is -0.492 e. The monoisotopic (exact) mass is 363 g/mol. The number of hydrogen-bond acceptors (Lipinski definition) is 5. The fraction of sp³-hybridized carbons (Fsp3) is 0.294. The summed E-state index contributed by atoms with van der Waals surface area (Å²) in [5, 5.41) is 2.60. The van der Waals surface area contributed by atoms with E-state index in [0.29, 0.717) is 18.2 Å². The molecule has 126 valence electrons. The number of nitrogens with zero attached hydrogens (tertiary/aromatic N) is 3. The maximum atomic E-state index is 12.2. The summed E-state index contributed by atoms with van der Waals surface area (Å²) in [5.74, 6) is 0.753. The summed E-state index contributed by atoms with van der Waals surface area (Å²) in [7, 11) is 1.98. The van der Waals surface area contributed by atoms with Crippen LogP contribution in [0.25, 0.3) is 4.96 Å². The van der Waals surface area contributed by atoms with E-state index in [1.54, 1.807) is 16.5 Å². The topological polar surface area (TPSA) is 46.8 Å². The van der Waals surface area contributed by atoms with Crippen molar-refractivity contribution < 1.29 is 4.74 Å². The Bertz CT molecular complexity index is 906. The van der Waals surface area contributed by atoms with E-state index in [2.05, 4.69) is 9.88 Å². The summed E-state index contributed by atoms with van der Waals surface area (Å²) in [5.41, 5.74) is 1.66. The zero-order chi connectivity index (χ0) is 17.1. The molecule has 0 fully saturated rings. The van der Waals surface area contributed by atoms with Crippen LogP contribution in [-0.4, -0.2) is 34.5 Å². The Labute approximate surface area is 149 Å². The van der Waals surface area contributed by atoms with Crippen LogP contribution in [0, 0.1) is 6.92 Å². The van der Waals surface area contributed by atoms with Crippen LogP contribution in [0.15, 0.2) is 40.5 Å². The number of thiazole rings is 1. The van der Waals surface area contributed by atoms with Gasteiger partial charge >= 0.3 is 0 Å². The molecule has 2 aromatic heterocycles. The molecule has 0 radical (unpaired) electrons. The zero-order valence-corrected chi connectivity index (χ0v) is 15.1. The number of hydrogen-bond donors (Lipinski definition) is 0. The van der Waals surface area contributed by atoms with Crippen LogP contribution in [0.3, 0.4) is 0 Å². The van der Waals surface area contributed by atoms with E-state index in [4.69, 9.17) is 16.3 Å². The van der Waals surface area contributed by atoms with Gasteiger partial charge in [0, 0.05) is 35.3 Å². The van der Waals surface area contributed by atoms with Crippen LogP contribution in [0.2, 0.25) is 5.02 Å². The summed E-state index contributed by atoms with van der Waals surface area (Å²) in [4.78, 5) is 19.5. The Kier molecular flexibility index (Phi) is 5.18. The maximum absolute atomic E-state index is 12.2. The smallest absolute Gasteiger partial charge is 0.259 e. The predicted molar refractivity (Wildman–Crippen MR) is 97.4 cm³/mol. The van der Waals surface area contributed by atoms with Gasteiger partial charge in [0.15, 0.2) is 4.96 Å². The Balaban J connectivity index is 1.58. The Morgan fingerprint density at radius 3 is 3.00 bits per heavy atom. The summed E-state index contributed by atoms with van der Waals surface area (Å²) >= 11 is 7.41. The van der Waals surface area contributed by atoms with Crippen molar-refractivity contribution in [1.29, 1.82) is 0 Å². The molecule has 0 saturated carbocycles. The molecule has 5 nitrogen and oxygen atoms in total. The highest BCUT2D eigenvalue weighted by molar-refractivity contribution is 7.15. The van der Waals surface area contributed by atoms with Gasteiger partial charge < -0.3 is 4.74 Å². The van der Waals surface area contributed by atoms with Crippen LogP contribution in [-0.2, 0) is 6.54 Å². The highest BCUT2D eigenvalue weighted by atomic mass is 35.5. The first-order chi connectivity index (χ1) is 11.5. The first-order valence-electron chi connectivity index (χ1n) is 7.56. The summed E-state index contributed by atoms with van der Waals surface area (Å²) in [6.07, 6.45) is 0. The Hall–Kier alpha value is -1.89. The highest BCUT2D eigenvalue weighted by Gasteiger charge is 2.08. The van der Waals surface area contributed by atoms with E-state index in [0.717, 1.165) is 28.6 Å². The van der Waals surface area contributed by atoms with Crippen molar-refractivity contribution in [3.8, 4) is 5.75 Å². The molecular weight excluding hydrogens is 346 g/mol. The molecule has 0 N–H and O–H groups in total. The number of ether oxygens (including phenoxy) is 1. The van der Waals surface area contributed by atoms with Gasteiger partial charge in [-0.25, -0.2) is 4.98 Å².